The quantitative estimate of drug-likeness (QED) is 0.390. The molecular weight excluding hydrogens is 320 g/mol. The molecule has 3 atom stereocenters. The third kappa shape index (κ3) is 8.43. The van der Waals surface area contributed by atoms with E-state index in [0.29, 0.717) is 38.5 Å². The van der Waals surface area contributed by atoms with Crippen molar-refractivity contribution in [2.45, 2.75) is 83.7 Å². The lowest BCUT2D eigenvalue weighted by Crippen LogP contribution is -2.21. The number of carboxylic acids is 1. The van der Waals surface area contributed by atoms with Gasteiger partial charge in [0.15, 0.2) is 0 Å². The predicted molar refractivity (Wildman–Crippen MR) is 96.2 cm³/mol. The first-order chi connectivity index (χ1) is 12.0. The van der Waals surface area contributed by atoms with Crippen LogP contribution in [0.3, 0.4) is 0 Å². The summed E-state index contributed by atoms with van der Waals surface area (Å²) in [6.07, 6.45) is 10.1. The SMILES string of the molecule is CCCCCC(=O)CCC1C(=O)CC(O)C1CC=CCCCC(=O)O. The van der Waals surface area contributed by atoms with Crippen LogP contribution in [-0.4, -0.2) is 33.9 Å². The molecule has 0 aromatic heterocycles. The number of rotatable bonds is 13. The number of Topliss-reactive ketones (excluding diaryl/α,β-unsaturated/α-hetero) is 2. The van der Waals surface area contributed by atoms with Gasteiger partial charge in [0.25, 0.3) is 0 Å². The molecule has 1 rings (SSSR count). The zero-order valence-electron chi connectivity index (χ0n) is 15.3. The number of ketones is 2. The molecule has 1 aliphatic rings. The summed E-state index contributed by atoms with van der Waals surface area (Å²) in [6, 6.07) is 0. The van der Waals surface area contributed by atoms with Gasteiger partial charge in [-0.2, -0.15) is 0 Å². The van der Waals surface area contributed by atoms with Crippen molar-refractivity contribution in [3.8, 4) is 0 Å². The number of aliphatic carboxylic acids is 1. The molecule has 0 spiro atoms. The summed E-state index contributed by atoms with van der Waals surface area (Å²) in [5, 5.41) is 18.7. The second-order valence-electron chi connectivity index (χ2n) is 7.04. The zero-order chi connectivity index (χ0) is 18.7. The van der Waals surface area contributed by atoms with Crippen molar-refractivity contribution >= 4 is 17.5 Å². The van der Waals surface area contributed by atoms with E-state index in [-0.39, 0.29) is 36.2 Å². The van der Waals surface area contributed by atoms with Crippen LogP contribution in [0.15, 0.2) is 12.2 Å². The van der Waals surface area contributed by atoms with E-state index in [9.17, 15) is 19.5 Å². The number of aliphatic hydroxyl groups excluding tert-OH is 1. The van der Waals surface area contributed by atoms with Gasteiger partial charge in [0.1, 0.15) is 11.6 Å². The van der Waals surface area contributed by atoms with Crippen molar-refractivity contribution in [3.63, 3.8) is 0 Å². The lowest BCUT2D eigenvalue weighted by molar-refractivity contribution is -0.137. The average molecular weight is 352 g/mol. The summed E-state index contributed by atoms with van der Waals surface area (Å²) >= 11 is 0. The molecule has 0 heterocycles. The smallest absolute Gasteiger partial charge is 0.303 e. The highest BCUT2D eigenvalue weighted by Crippen LogP contribution is 2.35. The minimum atomic E-state index is -0.797. The normalized spacial score (nSPS) is 23.4. The maximum Gasteiger partial charge on any atom is 0.303 e. The topological polar surface area (TPSA) is 91.7 Å². The predicted octanol–water partition coefficient (Wildman–Crippen LogP) is 3.68. The van der Waals surface area contributed by atoms with Crippen molar-refractivity contribution in [3.05, 3.63) is 12.2 Å². The number of hydrogen-bond acceptors (Lipinski definition) is 4. The Morgan fingerprint density at radius 2 is 1.88 bits per heavy atom. The summed E-state index contributed by atoms with van der Waals surface area (Å²) in [4.78, 5) is 34.5. The number of aliphatic hydroxyl groups is 1. The number of carbonyl (C=O) groups is 3. The van der Waals surface area contributed by atoms with Crippen LogP contribution >= 0.6 is 0 Å². The van der Waals surface area contributed by atoms with Gasteiger partial charge in [0.05, 0.1) is 6.10 Å². The average Bonchev–Trinajstić information content (AvgIpc) is 2.82. The first kappa shape index (κ1) is 21.6. The lowest BCUT2D eigenvalue weighted by atomic mass is 9.86. The van der Waals surface area contributed by atoms with Crippen LogP contribution in [0.5, 0.6) is 0 Å². The van der Waals surface area contributed by atoms with Crippen LogP contribution in [0.1, 0.15) is 77.6 Å². The molecule has 0 aromatic rings. The first-order valence-electron chi connectivity index (χ1n) is 9.55. The Kier molecular flexibility index (Phi) is 10.3. The van der Waals surface area contributed by atoms with Crippen LogP contribution in [0.2, 0.25) is 0 Å². The molecule has 5 nitrogen and oxygen atoms in total. The summed E-state index contributed by atoms with van der Waals surface area (Å²) in [5.41, 5.74) is 0. The standard InChI is InChI=1S/C20H32O5/c1-2-3-6-9-15(21)12-13-17-16(18(22)14-19(17)23)10-7-4-5-8-11-20(24)25/h4,7,16-18,22H,2-3,5-6,8-14H2,1H3,(H,24,25). The van der Waals surface area contributed by atoms with E-state index in [1.54, 1.807) is 0 Å². The van der Waals surface area contributed by atoms with Gasteiger partial charge in [-0.25, -0.2) is 0 Å². The molecule has 0 radical (unpaired) electrons. The van der Waals surface area contributed by atoms with E-state index >= 15 is 0 Å². The molecule has 1 fully saturated rings. The van der Waals surface area contributed by atoms with Crippen LogP contribution in [-0.2, 0) is 14.4 Å². The molecule has 0 saturated heterocycles. The molecule has 5 heteroatoms. The molecule has 25 heavy (non-hydrogen) atoms. The minimum Gasteiger partial charge on any atom is -0.481 e. The lowest BCUT2D eigenvalue weighted by Gasteiger charge is -2.19. The Balaban J connectivity index is 2.39. The number of unbranched alkanes of at least 4 members (excludes halogenated alkanes) is 3. The Morgan fingerprint density at radius 3 is 2.56 bits per heavy atom. The van der Waals surface area contributed by atoms with E-state index in [4.69, 9.17) is 5.11 Å². The van der Waals surface area contributed by atoms with E-state index < -0.39 is 12.1 Å². The van der Waals surface area contributed by atoms with Gasteiger partial charge in [0, 0.05) is 31.6 Å². The van der Waals surface area contributed by atoms with Gasteiger partial charge in [-0.05, 0) is 38.0 Å². The fourth-order valence-electron chi connectivity index (χ4n) is 3.47. The van der Waals surface area contributed by atoms with E-state index in [1.807, 2.05) is 12.2 Å². The van der Waals surface area contributed by atoms with E-state index in [0.717, 1.165) is 19.3 Å². The first-order valence-corrected chi connectivity index (χ1v) is 9.55. The van der Waals surface area contributed by atoms with Crippen molar-refractivity contribution in [1.82, 2.24) is 0 Å². The fourth-order valence-corrected chi connectivity index (χ4v) is 3.47. The van der Waals surface area contributed by atoms with Crippen LogP contribution < -0.4 is 0 Å². The van der Waals surface area contributed by atoms with Gasteiger partial charge in [-0.1, -0.05) is 31.9 Å². The van der Waals surface area contributed by atoms with Crippen molar-refractivity contribution in [2.24, 2.45) is 11.8 Å². The summed E-state index contributed by atoms with van der Waals surface area (Å²) in [7, 11) is 0. The maximum atomic E-state index is 12.1. The molecule has 142 valence electrons. The molecular formula is C20H32O5. The van der Waals surface area contributed by atoms with Gasteiger partial charge in [-0.15, -0.1) is 0 Å². The summed E-state index contributed by atoms with van der Waals surface area (Å²) in [6.45, 7) is 2.10. The number of carboxylic acid groups (broad SMARTS) is 1. The maximum absolute atomic E-state index is 12.1. The molecule has 0 amide bonds. The number of allylic oxidation sites excluding steroid dienone is 2. The third-order valence-electron chi connectivity index (χ3n) is 4.96. The Labute approximate surface area is 150 Å². The zero-order valence-corrected chi connectivity index (χ0v) is 15.3. The molecule has 1 aliphatic carbocycles. The van der Waals surface area contributed by atoms with Crippen molar-refractivity contribution in [1.29, 1.82) is 0 Å². The Bertz CT molecular complexity index is 469. The fraction of sp³-hybridized carbons (Fsp3) is 0.750. The molecule has 3 unspecified atom stereocenters. The van der Waals surface area contributed by atoms with Gasteiger partial charge in [0.2, 0.25) is 0 Å². The molecule has 2 N–H and O–H groups in total. The highest BCUT2D eigenvalue weighted by molar-refractivity contribution is 5.85. The number of carbonyl (C=O) groups excluding carboxylic acids is 2. The van der Waals surface area contributed by atoms with Gasteiger partial charge in [-0.3, -0.25) is 14.4 Å². The monoisotopic (exact) mass is 352 g/mol. The van der Waals surface area contributed by atoms with Gasteiger partial charge < -0.3 is 10.2 Å². The van der Waals surface area contributed by atoms with Gasteiger partial charge >= 0.3 is 5.97 Å². The molecule has 1 saturated carbocycles. The van der Waals surface area contributed by atoms with Crippen molar-refractivity contribution in [2.75, 3.05) is 0 Å². The van der Waals surface area contributed by atoms with Crippen molar-refractivity contribution < 1.29 is 24.6 Å². The van der Waals surface area contributed by atoms with Crippen LogP contribution in [0.25, 0.3) is 0 Å². The van der Waals surface area contributed by atoms with Crippen LogP contribution in [0, 0.1) is 11.8 Å². The second-order valence-corrected chi connectivity index (χ2v) is 7.04. The highest BCUT2D eigenvalue weighted by Gasteiger charge is 2.40. The summed E-state index contributed by atoms with van der Waals surface area (Å²) in [5.74, 6) is -0.863. The molecule has 0 aromatic carbocycles. The van der Waals surface area contributed by atoms with Crippen LogP contribution in [0.4, 0.5) is 0 Å². The minimum absolute atomic E-state index is 0.0677. The van der Waals surface area contributed by atoms with E-state index in [2.05, 4.69) is 6.92 Å². The molecule has 0 aliphatic heterocycles. The molecule has 0 bridgehead atoms. The largest absolute Gasteiger partial charge is 0.481 e. The Hall–Kier alpha value is -1.49. The highest BCUT2D eigenvalue weighted by atomic mass is 16.4. The Morgan fingerprint density at radius 1 is 1.12 bits per heavy atom. The third-order valence-corrected chi connectivity index (χ3v) is 4.96. The van der Waals surface area contributed by atoms with E-state index in [1.165, 1.54) is 0 Å². The second kappa shape index (κ2) is 12.0. The summed E-state index contributed by atoms with van der Waals surface area (Å²) < 4.78 is 0. The number of hydrogen-bond donors (Lipinski definition) is 2.